The predicted octanol–water partition coefficient (Wildman–Crippen LogP) is 1.65. The summed E-state index contributed by atoms with van der Waals surface area (Å²) in [7, 11) is 1.32. The number of ether oxygens (including phenoxy) is 1. The minimum Gasteiger partial charge on any atom is -0.469 e. The van der Waals surface area contributed by atoms with Gasteiger partial charge < -0.3 is 4.74 Å². The average Bonchev–Trinajstić information content (AvgIpc) is 2.03. The van der Waals surface area contributed by atoms with Gasteiger partial charge in [0, 0.05) is 12.0 Å². The largest absolute Gasteiger partial charge is 0.469 e. The Kier molecular flexibility index (Phi) is 5.37. The third-order valence-electron chi connectivity index (χ3n) is 1.37. The van der Waals surface area contributed by atoms with Gasteiger partial charge in [-0.05, 0) is 24.4 Å². The summed E-state index contributed by atoms with van der Waals surface area (Å²) in [5.74, 6) is -0.287. The molecule has 0 heterocycles. The first kappa shape index (κ1) is 11.2. The molecule has 0 atom stereocenters. The van der Waals surface area contributed by atoms with Gasteiger partial charge in [0.1, 0.15) is 0 Å². The Hall–Kier alpha value is -0.830. The summed E-state index contributed by atoms with van der Waals surface area (Å²) in [5.41, 5.74) is 0.334. The van der Waals surface area contributed by atoms with Gasteiger partial charge in [-0.3, -0.25) is 9.59 Å². The molecule has 0 N–H and O–H groups in total. The van der Waals surface area contributed by atoms with Crippen molar-refractivity contribution in [2.75, 3.05) is 7.11 Å². The third kappa shape index (κ3) is 4.91. The second-order valence-corrected chi connectivity index (χ2v) is 2.65. The third-order valence-corrected chi connectivity index (χ3v) is 1.63. The maximum absolute atomic E-state index is 10.6. The van der Waals surface area contributed by atoms with Crippen LogP contribution in [0, 0.1) is 0 Å². The van der Waals surface area contributed by atoms with Crippen LogP contribution < -0.4 is 0 Å². The molecule has 0 aromatic carbocycles. The van der Waals surface area contributed by atoms with E-state index in [4.69, 9.17) is 11.6 Å². The van der Waals surface area contributed by atoms with Crippen LogP contribution in [0.5, 0.6) is 0 Å². The van der Waals surface area contributed by atoms with Crippen molar-refractivity contribution in [2.45, 2.75) is 19.3 Å². The molecule has 0 unspecified atom stereocenters. The number of carbonyl (C=O) groups is 2. The summed E-state index contributed by atoms with van der Waals surface area (Å²) in [6, 6.07) is 0. The van der Waals surface area contributed by atoms with Crippen LogP contribution in [0.15, 0.2) is 12.2 Å². The van der Waals surface area contributed by atoms with Crippen LogP contribution in [0.1, 0.15) is 19.3 Å². The molecule has 68 valence electrons. The van der Waals surface area contributed by atoms with E-state index in [0.29, 0.717) is 24.8 Å². The van der Waals surface area contributed by atoms with Crippen molar-refractivity contribution >= 4 is 22.8 Å². The molecular formula is C8H11ClO3. The second kappa shape index (κ2) is 5.77. The molecule has 0 spiro atoms. The summed E-state index contributed by atoms with van der Waals surface area (Å²) < 4.78 is 4.41. The van der Waals surface area contributed by atoms with Crippen LogP contribution in [0.4, 0.5) is 0 Å². The van der Waals surface area contributed by atoms with E-state index in [0.717, 1.165) is 0 Å². The zero-order valence-electron chi connectivity index (χ0n) is 6.93. The van der Waals surface area contributed by atoms with E-state index in [9.17, 15) is 9.59 Å². The molecule has 0 aliphatic carbocycles. The van der Waals surface area contributed by atoms with Crippen molar-refractivity contribution in [3.63, 3.8) is 0 Å². The second-order valence-electron chi connectivity index (χ2n) is 2.31. The number of rotatable bonds is 5. The standard InChI is InChI=1S/C8H11ClO3/c1-6(8(9)11)4-3-5-7(10)12-2/h1,3-5H2,2H3. The molecule has 12 heavy (non-hydrogen) atoms. The first-order chi connectivity index (χ1) is 5.57. The maximum Gasteiger partial charge on any atom is 0.305 e. The van der Waals surface area contributed by atoms with Crippen LogP contribution in [0.2, 0.25) is 0 Å². The highest BCUT2D eigenvalue weighted by Gasteiger charge is 2.04. The molecule has 3 nitrogen and oxygen atoms in total. The molecule has 0 rings (SSSR count). The monoisotopic (exact) mass is 190 g/mol. The molecule has 0 saturated carbocycles. The van der Waals surface area contributed by atoms with Crippen LogP contribution in [0.3, 0.4) is 0 Å². The van der Waals surface area contributed by atoms with Crippen molar-refractivity contribution < 1.29 is 14.3 Å². The zero-order valence-corrected chi connectivity index (χ0v) is 7.69. The fourth-order valence-electron chi connectivity index (χ4n) is 0.646. The molecule has 0 aromatic rings. The summed E-state index contributed by atoms with van der Waals surface area (Å²) in [5, 5.41) is -0.542. The SMILES string of the molecule is C=C(CCCC(=O)OC)C(=O)Cl. The number of hydrogen-bond acceptors (Lipinski definition) is 3. The Bertz CT molecular complexity index is 198. The van der Waals surface area contributed by atoms with E-state index in [-0.39, 0.29) is 5.97 Å². The lowest BCUT2D eigenvalue weighted by Crippen LogP contribution is -2.00. The number of methoxy groups -OCH3 is 1. The molecular weight excluding hydrogens is 180 g/mol. The summed E-state index contributed by atoms with van der Waals surface area (Å²) in [6.45, 7) is 3.44. The Morgan fingerprint density at radius 3 is 2.42 bits per heavy atom. The maximum atomic E-state index is 10.6. The number of esters is 1. The first-order valence-electron chi connectivity index (χ1n) is 3.52. The van der Waals surface area contributed by atoms with Gasteiger partial charge in [-0.25, -0.2) is 0 Å². The fourth-order valence-corrected chi connectivity index (χ4v) is 0.741. The van der Waals surface area contributed by atoms with Crippen LogP contribution in [0.25, 0.3) is 0 Å². The van der Waals surface area contributed by atoms with Crippen molar-refractivity contribution in [1.29, 1.82) is 0 Å². The van der Waals surface area contributed by atoms with E-state index in [2.05, 4.69) is 11.3 Å². The van der Waals surface area contributed by atoms with Crippen molar-refractivity contribution in [3.8, 4) is 0 Å². The molecule has 0 aliphatic heterocycles. The van der Waals surface area contributed by atoms with Crippen LogP contribution >= 0.6 is 11.6 Å². The summed E-state index contributed by atoms with van der Waals surface area (Å²) in [4.78, 5) is 21.0. The highest BCUT2D eigenvalue weighted by Crippen LogP contribution is 2.08. The van der Waals surface area contributed by atoms with Gasteiger partial charge >= 0.3 is 5.97 Å². The number of halogens is 1. The number of hydrogen-bond donors (Lipinski definition) is 0. The van der Waals surface area contributed by atoms with E-state index in [1.807, 2.05) is 0 Å². The molecule has 0 bridgehead atoms. The normalized spacial score (nSPS) is 9.17. The van der Waals surface area contributed by atoms with E-state index < -0.39 is 5.24 Å². The lowest BCUT2D eigenvalue weighted by Gasteiger charge is -1.99. The van der Waals surface area contributed by atoms with E-state index in [1.165, 1.54) is 7.11 Å². The Morgan fingerprint density at radius 2 is 2.00 bits per heavy atom. The van der Waals surface area contributed by atoms with Gasteiger partial charge in [0.05, 0.1) is 7.11 Å². The molecule has 0 aliphatic rings. The van der Waals surface area contributed by atoms with Crippen LogP contribution in [-0.2, 0) is 14.3 Å². The van der Waals surface area contributed by atoms with Gasteiger partial charge in [-0.15, -0.1) is 0 Å². The predicted molar refractivity (Wildman–Crippen MR) is 45.9 cm³/mol. The highest BCUT2D eigenvalue weighted by molar-refractivity contribution is 6.67. The van der Waals surface area contributed by atoms with E-state index in [1.54, 1.807) is 0 Å². The molecule has 0 fully saturated rings. The van der Waals surface area contributed by atoms with Gasteiger partial charge in [0.2, 0.25) is 5.24 Å². The number of allylic oxidation sites excluding steroid dienone is 1. The van der Waals surface area contributed by atoms with Crippen molar-refractivity contribution in [2.24, 2.45) is 0 Å². The molecule has 4 heteroatoms. The smallest absolute Gasteiger partial charge is 0.305 e. The van der Waals surface area contributed by atoms with Crippen molar-refractivity contribution in [1.82, 2.24) is 0 Å². The van der Waals surface area contributed by atoms with Crippen molar-refractivity contribution in [3.05, 3.63) is 12.2 Å². The quantitative estimate of drug-likeness (QED) is 0.376. The van der Waals surface area contributed by atoms with Gasteiger partial charge in [-0.2, -0.15) is 0 Å². The Balaban J connectivity index is 3.50. The molecule has 0 saturated heterocycles. The van der Waals surface area contributed by atoms with Gasteiger partial charge in [-0.1, -0.05) is 6.58 Å². The Morgan fingerprint density at radius 1 is 1.42 bits per heavy atom. The zero-order chi connectivity index (χ0) is 9.56. The minimum atomic E-state index is -0.542. The minimum absolute atomic E-state index is 0.287. The van der Waals surface area contributed by atoms with E-state index >= 15 is 0 Å². The topological polar surface area (TPSA) is 43.4 Å². The highest BCUT2D eigenvalue weighted by atomic mass is 35.5. The lowest BCUT2D eigenvalue weighted by molar-refractivity contribution is -0.140. The van der Waals surface area contributed by atoms with Gasteiger partial charge in [0.25, 0.3) is 0 Å². The summed E-state index contributed by atoms with van der Waals surface area (Å²) in [6.07, 6.45) is 1.28. The fraction of sp³-hybridized carbons (Fsp3) is 0.500. The summed E-state index contributed by atoms with van der Waals surface area (Å²) >= 11 is 5.12. The van der Waals surface area contributed by atoms with Crippen LogP contribution in [-0.4, -0.2) is 18.3 Å². The molecule has 0 radical (unpaired) electrons. The molecule has 0 aromatic heterocycles. The number of carbonyl (C=O) groups excluding carboxylic acids is 2. The van der Waals surface area contributed by atoms with Gasteiger partial charge in [0.15, 0.2) is 0 Å². The Labute approximate surface area is 76.3 Å². The average molecular weight is 191 g/mol. The first-order valence-corrected chi connectivity index (χ1v) is 3.90. The molecule has 0 amide bonds. The lowest BCUT2D eigenvalue weighted by atomic mass is 10.1.